The van der Waals surface area contributed by atoms with E-state index in [-0.39, 0.29) is 23.0 Å². The van der Waals surface area contributed by atoms with Crippen LogP contribution in [0.15, 0.2) is 65.6 Å². The standard InChI is InChI=1S/C29H32Cl3N3O4S/c1-5-15-33-29(37)21(4)34(17-24-25(30)7-6-8-26(24)31)28(36)18-35(22-12-11-20(3)27(32)16-22)40(38,39)23-13-9-19(2)10-14-23/h6-14,16,21H,5,15,17-18H2,1-4H3,(H,33,37)/t21-/m1/s1. The molecule has 7 nitrogen and oxygen atoms in total. The number of rotatable bonds is 11. The Hall–Kier alpha value is -2.78. The van der Waals surface area contributed by atoms with Crippen LogP contribution in [0.1, 0.15) is 37.0 Å². The minimum Gasteiger partial charge on any atom is -0.354 e. The van der Waals surface area contributed by atoms with E-state index in [1.165, 1.54) is 23.1 Å². The van der Waals surface area contributed by atoms with Crippen LogP contribution in [-0.4, -0.2) is 44.3 Å². The van der Waals surface area contributed by atoms with E-state index in [1.807, 2.05) is 13.8 Å². The van der Waals surface area contributed by atoms with Crippen LogP contribution in [0.25, 0.3) is 0 Å². The van der Waals surface area contributed by atoms with Crippen molar-refractivity contribution in [1.29, 1.82) is 0 Å². The number of nitrogens with zero attached hydrogens (tertiary/aromatic N) is 2. The van der Waals surface area contributed by atoms with Crippen LogP contribution >= 0.6 is 34.8 Å². The molecule has 1 atom stereocenters. The van der Waals surface area contributed by atoms with Crippen LogP contribution < -0.4 is 9.62 Å². The van der Waals surface area contributed by atoms with Gasteiger partial charge in [0.15, 0.2) is 0 Å². The van der Waals surface area contributed by atoms with Gasteiger partial charge in [0, 0.05) is 33.7 Å². The lowest BCUT2D eigenvalue weighted by atomic mass is 10.1. The van der Waals surface area contributed by atoms with E-state index in [0.717, 1.165) is 15.4 Å². The lowest BCUT2D eigenvalue weighted by Crippen LogP contribution is -2.51. The summed E-state index contributed by atoms with van der Waals surface area (Å²) in [5.41, 5.74) is 2.29. The number of anilines is 1. The Kier molecular flexibility index (Phi) is 10.9. The number of halogens is 3. The quantitative estimate of drug-likeness (QED) is 0.267. The van der Waals surface area contributed by atoms with Gasteiger partial charge in [-0.3, -0.25) is 13.9 Å². The van der Waals surface area contributed by atoms with E-state index >= 15 is 0 Å². The largest absolute Gasteiger partial charge is 0.354 e. The van der Waals surface area contributed by atoms with E-state index in [0.29, 0.717) is 33.6 Å². The molecule has 0 bridgehead atoms. The fourth-order valence-electron chi connectivity index (χ4n) is 3.94. The monoisotopic (exact) mass is 623 g/mol. The second-order valence-electron chi connectivity index (χ2n) is 9.45. The Morgan fingerprint density at radius 3 is 2.12 bits per heavy atom. The van der Waals surface area contributed by atoms with Crippen LogP contribution in [0.4, 0.5) is 5.69 Å². The van der Waals surface area contributed by atoms with Crippen molar-refractivity contribution in [2.45, 2.75) is 51.6 Å². The number of amides is 2. The van der Waals surface area contributed by atoms with Crippen molar-refractivity contribution in [3.05, 3.63) is 92.4 Å². The van der Waals surface area contributed by atoms with Crippen LogP contribution in [0, 0.1) is 13.8 Å². The Bertz CT molecular complexity index is 1460. The Labute approximate surface area is 251 Å². The highest BCUT2D eigenvalue weighted by Gasteiger charge is 2.33. The van der Waals surface area contributed by atoms with Crippen molar-refractivity contribution in [2.75, 3.05) is 17.4 Å². The molecule has 0 aromatic heterocycles. The molecule has 3 aromatic rings. The maximum absolute atomic E-state index is 14.0. The second-order valence-corrected chi connectivity index (χ2v) is 12.5. The van der Waals surface area contributed by atoms with Gasteiger partial charge in [0.1, 0.15) is 12.6 Å². The molecule has 40 heavy (non-hydrogen) atoms. The third-order valence-electron chi connectivity index (χ3n) is 6.44. The average Bonchev–Trinajstić information content (AvgIpc) is 2.91. The summed E-state index contributed by atoms with van der Waals surface area (Å²) < 4.78 is 28.8. The zero-order valence-electron chi connectivity index (χ0n) is 22.7. The Balaban J connectivity index is 2.08. The van der Waals surface area contributed by atoms with Crippen molar-refractivity contribution in [1.82, 2.24) is 10.2 Å². The molecule has 0 radical (unpaired) electrons. The average molecular weight is 625 g/mol. The summed E-state index contributed by atoms with van der Waals surface area (Å²) >= 11 is 19.2. The van der Waals surface area contributed by atoms with Gasteiger partial charge >= 0.3 is 0 Å². The van der Waals surface area contributed by atoms with Crippen LogP contribution in [0.5, 0.6) is 0 Å². The summed E-state index contributed by atoms with van der Waals surface area (Å²) in [4.78, 5) is 28.2. The molecule has 0 heterocycles. The fraction of sp³-hybridized carbons (Fsp3) is 0.310. The first kappa shape index (κ1) is 31.7. The number of nitrogens with one attached hydrogen (secondary N) is 1. The van der Waals surface area contributed by atoms with Crippen molar-refractivity contribution in [3.63, 3.8) is 0 Å². The molecule has 3 aromatic carbocycles. The molecule has 0 fully saturated rings. The fourth-order valence-corrected chi connectivity index (χ4v) is 6.03. The zero-order chi connectivity index (χ0) is 29.6. The Morgan fingerprint density at radius 1 is 0.925 bits per heavy atom. The van der Waals surface area contributed by atoms with E-state index in [2.05, 4.69) is 5.32 Å². The summed E-state index contributed by atoms with van der Waals surface area (Å²) in [6.45, 7) is 6.86. The van der Waals surface area contributed by atoms with Gasteiger partial charge in [-0.1, -0.05) is 71.6 Å². The molecule has 0 aliphatic heterocycles. The molecule has 0 spiro atoms. The SMILES string of the molecule is CCCNC(=O)[C@@H](C)N(Cc1c(Cl)cccc1Cl)C(=O)CN(c1ccc(C)c(Cl)c1)S(=O)(=O)c1ccc(C)cc1. The first-order valence-electron chi connectivity index (χ1n) is 12.7. The molecule has 214 valence electrons. The number of carbonyl (C=O) groups excluding carboxylic acids is 2. The molecular formula is C29H32Cl3N3O4S. The number of sulfonamides is 1. The summed E-state index contributed by atoms with van der Waals surface area (Å²) in [6.07, 6.45) is 0.708. The van der Waals surface area contributed by atoms with Crippen LogP contribution in [0.3, 0.4) is 0 Å². The highest BCUT2D eigenvalue weighted by molar-refractivity contribution is 7.92. The third kappa shape index (κ3) is 7.49. The molecule has 0 unspecified atom stereocenters. The summed E-state index contributed by atoms with van der Waals surface area (Å²) in [7, 11) is -4.20. The van der Waals surface area contributed by atoms with Gasteiger partial charge in [-0.15, -0.1) is 0 Å². The van der Waals surface area contributed by atoms with E-state index < -0.39 is 28.5 Å². The number of benzene rings is 3. The molecule has 0 aliphatic rings. The van der Waals surface area contributed by atoms with Gasteiger partial charge in [-0.25, -0.2) is 8.42 Å². The first-order chi connectivity index (χ1) is 18.9. The molecule has 0 saturated carbocycles. The molecule has 11 heteroatoms. The number of carbonyl (C=O) groups is 2. The predicted molar refractivity (Wildman–Crippen MR) is 162 cm³/mol. The lowest BCUT2D eigenvalue weighted by Gasteiger charge is -2.32. The van der Waals surface area contributed by atoms with Crippen molar-refractivity contribution < 1.29 is 18.0 Å². The smallest absolute Gasteiger partial charge is 0.264 e. The number of hydrogen-bond donors (Lipinski definition) is 1. The van der Waals surface area contributed by atoms with Crippen molar-refractivity contribution >= 4 is 62.3 Å². The van der Waals surface area contributed by atoms with Crippen LogP contribution in [-0.2, 0) is 26.2 Å². The minimum absolute atomic E-state index is 0.0111. The van der Waals surface area contributed by atoms with Gasteiger partial charge in [-0.2, -0.15) is 0 Å². The maximum Gasteiger partial charge on any atom is 0.264 e. The first-order valence-corrected chi connectivity index (χ1v) is 15.3. The van der Waals surface area contributed by atoms with Gasteiger partial charge in [-0.05, 0) is 69.2 Å². The summed E-state index contributed by atoms with van der Waals surface area (Å²) in [5.74, 6) is -1.01. The minimum atomic E-state index is -4.20. The van der Waals surface area contributed by atoms with E-state index in [4.69, 9.17) is 34.8 Å². The van der Waals surface area contributed by atoms with Gasteiger partial charge in [0.25, 0.3) is 10.0 Å². The number of hydrogen-bond acceptors (Lipinski definition) is 4. The molecular weight excluding hydrogens is 593 g/mol. The van der Waals surface area contributed by atoms with Gasteiger partial charge in [0.2, 0.25) is 11.8 Å². The number of aryl methyl sites for hydroxylation is 2. The molecule has 0 saturated heterocycles. The van der Waals surface area contributed by atoms with E-state index in [1.54, 1.807) is 56.3 Å². The lowest BCUT2D eigenvalue weighted by molar-refractivity contribution is -0.139. The summed E-state index contributed by atoms with van der Waals surface area (Å²) in [6, 6.07) is 15.1. The van der Waals surface area contributed by atoms with Crippen LogP contribution in [0.2, 0.25) is 15.1 Å². The summed E-state index contributed by atoms with van der Waals surface area (Å²) in [5, 5.41) is 3.78. The maximum atomic E-state index is 14.0. The molecule has 3 rings (SSSR count). The predicted octanol–water partition coefficient (Wildman–Crippen LogP) is 6.40. The highest BCUT2D eigenvalue weighted by Crippen LogP contribution is 2.30. The third-order valence-corrected chi connectivity index (χ3v) is 9.34. The van der Waals surface area contributed by atoms with Gasteiger partial charge < -0.3 is 10.2 Å². The highest BCUT2D eigenvalue weighted by atomic mass is 35.5. The molecule has 0 aliphatic carbocycles. The van der Waals surface area contributed by atoms with Gasteiger partial charge in [0.05, 0.1) is 10.6 Å². The second kappa shape index (κ2) is 13.7. The topological polar surface area (TPSA) is 86.8 Å². The molecule has 1 N–H and O–H groups in total. The van der Waals surface area contributed by atoms with E-state index in [9.17, 15) is 18.0 Å². The normalized spacial score (nSPS) is 12.1. The molecule has 2 amide bonds. The zero-order valence-corrected chi connectivity index (χ0v) is 25.8. The van der Waals surface area contributed by atoms with Crippen molar-refractivity contribution in [2.24, 2.45) is 0 Å². The van der Waals surface area contributed by atoms with Crippen molar-refractivity contribution in [3.8, 4) is 0 Å². The Morgan fingerprint density at radius 2 is 1.55 bits per heavy atom.